The van der Waals surface area contributed by atoms with Gasteiger partial charge < -0.3 is 16.0 Å². The molecule has 1 aromatic carbocycles. The number of fused-ring (bicyclic) bond motifs is 3. The summed E-state index contributed by atoms with van der Waals surface area (Å²) in [6, 6.07) is 2.01. The Balaban J connectivity index is 0.00000144. The molecule has 0 fully saturated rings. The average Bonchev–Trinajstić information content (AvgIpc) is 2.81. The largest absolute Gasteiger partial charge is 1.00 e. The Bertz CT molecular complexity index is 910. The van der Waals surface area contributed by atoms with Crippen LogP contribution in [0.5, 0.6) is 0 Å². The molecular formula is C13H8F4LiN4O2-. The summed E-state index contributed by atoms with van der Waals surface area (Å²) in [6.07, 6.45) is -1.96. The molecule has 3 aromatic rings. The maximum absolute atomic E-state index is 13.6. The molecule has 0 atom stereocenters. The van der Waals surface area contributed by atoms with Gasteiger partial charge in [-0.15, -0.1) is 11.6 Å². The Morgan fingerprint density at radius 2 is 1.92 bits per heavy atom. The Morgan fingerprint density at radius 1 is 1.25 bits per heavy atom. The number of hydrogen-bond acceptors (Lipinski definition) is 5. The molecule has 0 aliphatic rings. The molecule has 0 bridgehead atoms. The van der Waals surface area contributed by atoms with Crippen LogP contribution in [0.1, 0.15) is 5.56 Å². The van der Waals surface area contributed by atoms with Crippen LogP contribution < -0.4 is 24.6 Å². The van der Waals surface area contributed by atoms with Gasteiger partial charge in [0, 0.05) is 5.82 Å². The monoisotopic (exact) mass is 335 g/mol. The summed E-state index contributed by atoms with van der Waals surface area (Å²) in [5, 5.41) is 3.99. The molecule has 122 valence electrons. The molecule has 0 amide bonds. The van der Waals surface area contributed by atoms with Crippen molar-refractivity contribution in [3.05, 3.63) is 29.7 Å². The summed E-state index contributed by atoms with van der Waals surface area (Å²) >= 11 is 0. The molecule has 0 aliphatic carbocycles. The van der Waals surface area contributed by atoms with Crippen molar-refractivity contribution in [1.29, 1.82) is 0 Å². The Kier molecular flexibility index (Phi) is 5.61. The van der Waals surface area contributed by atoms with Gasteiger partial charge in [0.15, 0.2) is 0 Å². The summed E-state index contributed by atoms with van der Waals surface area (Å²) in [5.74, 6) is -0.950. The minimum absolute atomic E-state index is 0. The van der Waals surface area contributed by atoms with Crippen LogP contribution in [0.2, 0.25) is 0 Å². The van der Waals surface area contributed by atoms with E-state index in [9.17, 15) is 22.4 Å². The number of halogens is 4. The first-order chi connectivity index (χ1) is 10.3. The van der Waals surface area contributed by atoms with Crippen molar-refractivity contribution in [2.45, 2.75) is 12.7 Å². The number of nitrogens with zero attached hydrogens (tertiary/aromatic N) is 3. The van der Waals surface area contributed by atoms with E-state index in [2.05, 4.69) is 10.1 Å². The molecule has 0 spiro atoms. The van der Waals surface area contributed by atoms with E-state index in [1.165, 1.54) is 6.29 Å². The third-order valence-electron chi connectivity index (χ3n) is 3.14. The number of carbonyl (C=O) groups excluding carboxylic acids is 1. The minimum atomic E-state index is -4.50. The fourth-order valence-corrected chi connectivity index (χ4v) is 2.26. The molecule has 0 radical (unpaired) electrons. The molecule has 24 heavy (non-hydrogen) atoms. The molecular weight excluding hydrogens is 327 g/mol. The van der Waals surface area contributed by atoms with Crippen LogP contribution in [0.15, 0.2) is 18.3 Å². The summed E-state index contributed by atoms with van der Waals surface area (Å²) < 4.78 is 52.2. The van der Waals surface area contributed by atoms with Gasteiger partial charge in [0.1, 0.15) is 12.4 Å². The van der Waals surface area contributed by atoms with Crippen molar-refractivity contribution in [2.24, 2.45) is 0 Å². The van der Waals surface area contributed by atoms with Gasteiger partial charge in [-0.3, -0.25) is 9.07 Å². The zero-order chi connectivity index (χ0) is 16.1. The fraction of sp³-hybridized carbons (Fsp3) is 0.154. The summed E-state index contributed by atoms with van der Waals surface area (Å²) in [5.41, 5.74) is 5.34. The number of nitrogen functional groups attached to an aromatic ring is 1. The van der Waals surface area contributed by atoms with Crippen molar-refractivity contribution < 1.29 is 46.7 Å². The Morgan fingerprint density at radius 3 is 2.50 bits per heavy atom. The van der Waals surface area contributed by atoms with E-state index in [1.807, 2.05) is 0 Å². The first-order valence-corrected chi connectivity index (χ1v) is 5.99. The zero-order valence-electron chi connectivity index (χ0n) is 12.2. The van der Waals surface area contributed by atoms with Crippen molar-refractivity contribution in [3.8, 4) is 0 Å². The third-order valence-corrected chi connectivity index (χ3v) is 3.14. The maximum atomic E-state index is 13.6. The molecule has 0 saturated heterocycles. The fourth-order valence-electron chi connectivity index (χ4n) is 2.26. The van der Waals surface area contributed by atoms with E-state index < -0.39 is 24.1 Å². The van der Waals surface area contributed by atoms with E-state index in [1.54, 1.807) is 0 Å². The number of pyridine rings is 1. The minimum Gasteiger partial charge on any atom is -0.870 e. The van der Waals surface area contributed by atoms with Crippen LogP contribution in [0.3, 0.4) is 0 Å². The van der Waals surface area contributed by atoms with E-state index in [0.717, 1.165) is 18.3 Å². The van der Waals surface area contributed by atoms with Crippen LogP contribution in [0, 0.1) is 5.82 Å². The second kappa shape index (κ2) is 6.76. The van der Waals surface area contributed by atoms with Gasteiger partial charge in [-0.25, -0.2) is 4.98 Å². The maximum Gasteiger partial charge on any atom is 1.00 e. The van der Waals surface area contributed by atoms with E-state index in [-0.39, 0.29) is 52.0 Å². The van der Waals surface area contributed by atoms with Crippen molar-refractivity contribution in [3.63, 3.8) is 0 Å². The predicted octanol–water partition coefficient (Wildman–Crippen LogP) is -0.847. The quantitative estimate of drug-likeness (QED) is 0.373. The predicted molar refractivity (Wildman–Crippen MR) is 72.2 cm³/mol. The average molecular weight is 335 g/mol. The number of anilines is 1. The first kappa shape index (κ1) is 19.9. The van der Waals surface area contributed by atoms with Gasteiger partial charge in [-0.05, 0) is 5.39 Å². The first-order valence-electron chi connectivity index (χ1n) is 5.99. The Labute approximate surface area is 144 Å². The van der Waals surface area contributed by atoms with Gasteiger partial charge in [0.2, 0.25) is 0 Å². The van der Waals surface area contributed by atoms with Gasteiger partial charge >= 0.3 is 25.0 Å². The third kappa shape index (κ3) is 3.35. The zero-order valence-corrected chi connectivity index (χ0v) is 12.2. The Hall–Kier alpha value is -2.15. The smallest absolute Gasteiger partial charge is 0.870 e. The topological polar surface area (TPSA) is 104 Å². The summed E-state index contributed by atoms with van der Waals surface area (Å²) in [6.45, 7) is -1.34. The van der Waals surface area contributed by atoms with E-state index in [4.69, 9.17) is 5.73 Å². The molecule has 6 nitrogen and oxygen atoms in total. The van der Waals surface area contributed by atoms with Crippen molar-refractivity contribution in [1.82, 2.24) is 14.8 Å². The molecule has 0 unspecified atom stereocenters. The van der Waals surface area contributed by atoms with E-state index >= 15 is 0 Å². The summed E-state index contributed by atoms with van der Waals surface area (Å²) in [4.78, 5) is 14.6. The number of aromatic nitrogens is 3. The number of benzene rings is 1. The normalized spacial score (nSPS) is 11.2. The molecule has 0 aliphatic heterocycles. The molecule has 3 rings (SSSR count). The van der Waals surface area contributed by atoms with E-state index in [0.29, 0.717) is 4.68 Å². The molecule has 0 saturated carbocycles. The molecule has 11 heteroatoms. The number of hydrogen-bond donors (Lipinski definition) is 1. The number of alkyl halides is 3. The summed E-state index contributed by atoms with van der Waals surface area (Å²) in [7, 11) is 0. The van der Waals surface area contributed by atoms with Crippen LogP contribution in [-0.4, -0.2) is 32.7 Å². The number of nitrogens with two attached hydrogens (primary N) is 1. The standard InChI is InChI=1S/C13H7F4N4O.Li.H2O/c14-9-2-10-7(1-6(9)4-22)11-8(12(18)20-10)3-19-21(11)5-13(15,16)17;;/h1-3H,5H2,(H2,18,20);;1H2/q-1;+1;/p-1. The second-order valence-electron chi connectivity index (χ2n) is 4.63. The molecule has 2 aromatic heterocycles. The second-order valence-corrected chi connectivity index (χ2v) is 4.63. The molecule has 2 heterocycles. The van der Waals surface area contributed by atoms with Crippen LogP contribution in [-0.2, 0) is 11.3 Å². The van der Waals surface area contributed by atoms with Gasteiger partial charge in [-0.2, -0.15) is 18.3 Å². The van der Waals surface area contributed by atoms with Crippen molar-refractivity contribution >= 4 is 33.9 Å². The number of rotatable bonds is 2. The van der Waals surface area contributed by atoms with Crippen LogP contribution >= 0.6 is 0 Å². The van der Waals surface area contributed by atoms with Crippen molar-refractivity contribution in [2.75, 3.05) is 5.73 Å². The van der Waals surface area contributed by atoms with Gasteiger partial charge in [0.05, 0.1) is 28.9 Å². The van der Waals surface area contributed by atoms with Gasteiger partial charge in [-0.1, -0.05) is 6.07 Å². The van der Waals surface area contributed by atoms with Gasteiger partial charge in [0.25, 0.3) is 0 Å². The molecule has 3 N–H and O–H groups in total. The van der Waals surface area contributed by atoms with Crippen LogP contribution in [0.25, 0.3) is 21.8 Å². The SMILES string of the molecule is Nc1nc2cc(F)c([C-]=O)cc2c2c1cnn2CC(F)(F)F.[Li+].[OH-]. The van der Waals surface area contributed by atoms with Crippen LogP contribution in [0.4, 0.5) is 23.4 Å².